The molecule has 0 radical (unpaired) electrons. The predicted octanol–water partition coefficient (Wildman–Crippen LogP) is 0.403. The molecule has 1 saturated heterocycles. The van der Waals surface area contributed by atoms with E-state index in [9.17, 15) is 9.59 Å². The normalized spacial score (nSPS) is 14.8. The first-order chi connectivity index (χ1) is 11.1. The smallest absolute Gasteiger partial charge is 0.241 e. The fourth-order valence-electron chi connectivity index (χ4n) is 2.73. The number of rotatable bonds is 6. The van der Waals surface area contributed by atoms with Crippen LogP contribution in [-0.4, -0.2) is 74.5 Å². The van der Waals surface area contributed by atoms with Crippen molar-refractivity contribution in [2.75, 3.05) is 57.8 Å². The van der Waals surface area contributed by atoms with Crippen LogP contribution in [0.3, 0.4) is 0 Å². The first-order valence-corrected chi connectivity index (χ1v) is 8.14. The van der Waals surface area contributed by atoms with E-state index >= 15 is 0 Å². The Bertz CT molecular complexity index is 515. The van der Waals surface area contributed by atoms with Crippen LogP contribution in [0.4, 0.5) is 5.69 Å². The molecular formula is C17H26N4O2. The molecule has 0 bridgehead atoms. The van der Waals surface area contributed by atoms with E-state index in [1.807, 2.05) is 49.2 Å². The Kier molecular flexibility index (Phi) is 6.55. The first-order valence-electron chi connectivity index (χ1n) is 8.14. The van der Waals surface area contributed by atoms with E-state index < -0.39 is 0 Å². The van der Waals surface area contributed by atoms with Crippen molar-refractivity contribution in [3.8, 4) is 0 Å². The molecule has 1 aromatic rings. The number of nitrogens with one attached hydrogen (secondary N) is 1. The standard InChI is InChI=1S/C17H26N4O2/c1-3-21(15-7-5-4-6-8-15)17(23)14-19(2)13-16(22)20-11-9-18-10-12-20/h4-8,18H,3,9-14H2,1-2H3. The highest BCUT2D eigenvalue weighted by Crippen LogP contribution is 2.13. The highest BCUT2D eigenvalue weighted by Gasteiger charge is 2.20. The lowest BCUT2D eigenvalue weighted by Crippen LogP contribution is -2.50. The average Bonchev–Trinajstić information content (AvgIpc) is 2.57. The zero-order valence-corrected chi connectivity index (χ0v) is 14.0. The summed E-state index contributed by atoms with van der Waals surface area (Å²) in [6.45, 7) is 6.24. The summed E-state index contributed by atoms with van der Waals surface area (Å²) in [4.78, 5) is 30.1. The molecule has 6 heteroatoms. The summed E-state index contributed by atoms with van der Waals surface area (Å²) in [6.07, 6.45) is 0. The molecule has 126 valence electrons. The molecule has 0 aromatic heterocycles. The Hall–Kier alpha value is -1.92. The van der Waals surface area contributed by atoms with Crippen molar-refractivity contribution in [2.24, 2.45) is 0 Å². The number of piperazine rings is 1. The van der Waals surface area contributed by atoms with E-state index in [-0.39, 0.29) is 24.9 Å². The SMILES string of the molecule is CCN(C(=O)CN(C)CC(=O)N1CCNCC1)c1ccccc1. The molecule has 2 rings (SSSR count). The third-order valence-corrected chi connectivity index (χ3v) is 3.97. The Labute approximate surface area is 138 Å². The van der Waals surface area contributed by atoms with Gasteiger partial charge in [-0.3, -0.25) is 14.5 Å². The fraction of sp³-hybridized carbons (Fsp3) is 0.529. The lowest BCUT2D eigenvalue weighted by Gasteiger charge is -2.29. The van der Waals surface area contributed by atoms with Gasteiger partial charge in [-0.2, -0.15) is 0 Å². The van der Waals surface area contributed by atoms with Gasteiger partial charge in [0.1, 0.15) is 0 Å². The molecule has 1 aliphatic rings. The van der Waals surface area contributed by atoms with Gasteiger partial charge in [-0.25, -0.2) is 0 Å². The van der Waals surface area contributed by atoms with Crippen molar-refractivity contribution in [1.82, 2.24) is 15.1 Å². The van der Waals surface area contributed by atoms with Gasteiger partial charge in [-0.1, -0.05) is 18.2 Å². The molecule has 1 aliphatic heterocycles. The molecule has 0 atom stereocenters. The van der Waals surface area contributed by atoms with E-state index in [2.05, 4.69) is 5.32 Å². The van der Waals surface area contributed by atoms with Gasteiger partial charge in [0.05, 0.1) is 13.1 Å². The van der Waals surface area contributed by atoms with Gasteiger partial charge in [0.2, 0.25) is 11.8 Å². The highest BCUT2D eigenvalue weighted by atomic mass is 16.2. The van der Waals surface area contributed by atoms with Crippen molar-refractivity contribution >= 4 is 17.5 Å². The second kappa shape index (κ2) is 8.64. The zero-order chi connectivity index (χ0) is 16.7. The Morgan fingerprint density at radius 3 is 2.39 bits per heavy atom. The summed E-state index contributed by atoms with van der Waals surface area (Å²) in [5.41, 5.74) is 0.891. The Morgan fingerprint density at radius 1 is 1.13 bits per heavy atom. The molecule has 1 fully saturated rings. The van der Waals surface area contributed by atoms with Gasteiger partial charge in [0, 0.05) is 38.4 Å². The topological polar surface area (TPSA) is 55.9 Å². The van der Waals surface area contributed by atoms with Crippen molar-refractivity contribution < 1.29 is 9.59 Å². The number of likely N-dealkylation sites (N-methyl/N-ethyl adjacent to an activating group) is 2. The van der Waals surface area contributed by atoms with E-state index in [1.54, 1.807) is 9.80 Å². The number of carbonyl (C=O) groups is 2. The van der Waals surface area contributed by atoms with E-state index in [4.69, 9.17) is 0 Å². The fourth-order valence-corrected chi connectivity index (χ4v) is 2.73. The quantitative estimate of drug-likeness (QED) is 0.825. The summed E-state index contributed by atoms with van der Waals surface area (Å²) in [7, 11) is 1.82. The maximum Gasteiger partial charge on any atom is 0.241 e. The van der Waals surface area contributed by atoms with Crippen LogP contribution in [0.15, 0.2) is 30.3 Å². The molecule has 0 aliphatic carbocycles. The van der Waals surface area contributed by atoms with Gasteiger partial charge >= 0.3 is 0 Å². The van der Waals surface area contributed by atoms with Crippen molar-refractivity contribution in [1.29, 1.82) is 0 Å². The minimum atomic E-state index is 0.00862. The summed E-state index contributed by atoms with van der Waals surface area (Å²) < 4.78 is 0. The molecule has 0 saturated carbocycles. The maximum absolute atomic E-state index is 12.5. The molecule has 6 nitrogen and oxygen atoms in total. The number of carbonyl (C=O) groups excluding carboxylic acids is 2. The minimum absolute atomic E-state index is 0.00862. The first kappa shape index (κ1) is 17.4. The molecule has 0 unspecified atom stereocenters. The monoisotopic (exact) mass is 318 g/mol. The summed E-state index contributed by atoms with van der Waals surface area (Å²) in [5, 5.41) is 3.23. The van der Waals surface area contributed by atoms with Crippen LogP contribution in [0.1, 0.15) is 6.92 Å². The predicted molar refractivity (Wildman–Crippen MR) is 91.4 cm³/mol. The van der Waals surface area contributed by atoms with Crippen LogP contribution in [0, 0.1) is 0 Å². The number of nitrogens with zero attached hydrogens (tertiary/aromatic N) is 3. The Balaban J connectivity index is 1.87. The maximum atomic E-state index is 12.5. The zero-order valence-electron chi connectivity index (χ0n) is 14.0. The number of hydrogen-bond donors (Lipinski definition) is 1. The summed E-state index contributed by atoms with van der Waals surface area (Å²) in [5.74, 6) is 0.0962. The number of benzene rings is 1. The number of para-hydroxylation sites is 1. The van der Waals surface area contributed by atoms with Crippen LogP contribution < -0.4 is 10.2 Å². The molecule has 1 N–H and O–H groups in total. The van der Waals surface area contributed by atoms with Gasteiger partial charge in [0.25, 0.3) is 0 Å². The second-order valence-corrected chi connectivity index (χ2v) is 5.78. The minimum Gasteiger partial charge on any atom is -0.339 e. The molecule has 2 amide bonds. The van der Waals surface area contributed by atoms with Gasteiger partial charge < -0.3 is 15.1 Å². The van der Waals surface area contributed by atoms with Crippen molar-refractivity contribution in [3.63, 3.8) is 0 Å². The Morgan fingerprint density at radius 2 is 1.78 bits per heavy atom. The van der Waals surface area contributed by atoms with Crippen LogP contribution in [0.5, 0.6) is 0 Å². The molecule has 23 heavy (non-hydrogen) atoms. The van der Waals surface area contributed by atoms with Crippen LogP contribution in [-0.2, 0) is 9.59 Å². The van der Waals surface area contributed by atoms with Gasteiger partial charge in [0.15, 0.2) is 0 Å². The molecular weight excluding hydrogens is 292 g/mol. The lowest BCUT2D eigenvalue weighted by atomic mass is 10.2. The second-order valence-electron chi connectivity index (χ2n) is 5.78. The number of anilines is 1. The number of hydrogen-bond acceptors (Lipinski definition) is 4. The lowest BCUT2D eigenvalue weighted by molar-refractivity contribution is -0.133. The highest BCUT2D eigenvalue weighted by molar-refractivity contribution is 5.95. The molecule has 1 heterocycles. The van der Waals surface area contributed by atoms with Crippen molar-refractivity contribution in [2.45, 2.75) is 6.92 Å². The molecule has 0 spiro atoms. The van der Waals surface area contributed by atoms with Gasteiger partial charge in [-0.05, 0) is 26.1 Å². The van der Waals surface area contributed by atoms with E-state index in [0.717, 1.165) is 31.9 Å². The van der Waals surface area contributed by atoms with Gasteiger partial charge in [-0.15, -0.1) is 0 Å². The van der Waals surface area contributed by atoms with E-state index in [0.29, 0.717) is 6.54 Å². The number of amides is 2. The van der Waals surface area contributed by atoms with E-state index in [1.165, 1.54) is 0 Å². The van der Waals surface area contributed by atoms with Crippen LogP contribution in [0.25, 0.3) is 0 Å². The van der Waals surface area contributed by atoms with Crippen molar-refractivity contribution in [3.05, 3.63) is 30.3 Å². The largest absolute Gasteiger partial charge is 0.339 e. The van der Waals surface area contributed by atoms with Crippen LogP contribution in [0.2, 0.25) is 0 Å². The summed E-state index contributed by atoms with van der Waals surface area (Å²) in [6, 6.07) is 9.62. The van der Waals surface area contributed by atoms with Crippen LogP contribution >= 0.6 is 0 Å². The average molecular weight is 318 g/mol. The third-order valence-electron chi connectivity index (χ3n) is 3.97. The third kappa shape index (κ3) is 5.04. The molecule has 1 aromatic carbocycles. The summed E-state index contributed by atoms with van der Waals surface area (Å²) >= 11 is 0.